The van der Waals surface area contributed by atoms with E-state index in [2.05, 4.69) is 9.97 Å². The van der Waals surface area contributed by atoms with Crippen LogP contribution in [0.2, 0.25) is 0 Å². The van der Waals surface area contributed by atoms with Crippen molar-refractivity contribution < 1.29 is 8.42 Å². The van der Waals surface area contributed by atoms with E-state index >= 15 is 0 Å². The first-order valence-corrected chi connectivity index (χ1v) is 10.8. The summed E-state index contributed by atoms with van der Waals surface area (Å²) in [5.41, 5.74) is -0.0461. The van der Waals surface area contributed by atoms with Crippen molar-refractivity contribution in [3.63, 3.8) is 0 Å². The molecule has 0 bridgehead atoms. The molecule has 4 rings (SSSR count). The molecule has 1 fully saturated rings. The van der Waals surface area contributed by atoms with E-state index in [1.165, 1.54) is 28.1 Å². The Morgan fingerprint density at radius 3 is 2.53 bits per heavy atom. The Labute approximate surface area is 172 Å². The number of H-pyrrole nitrogens is 1. The maximum Gasteiger partial charge on any atom is 0.332 e. The quantitative estimate of drug-likeness (QED) is 0.642. The Morgan fingerprint density at radius 2 is 1.87 bits per heavy atom. The number of aromatic nitrogens is 4. The Kier molecular flexibility index (Phi) is 4.83. The van der Waals surface area contributed by atoms with Crippen LogP contribution in [0.15, 0.2) is 38.8 Å². The van der Waals surface area contributed by atoms with E-state index in [0.29, 0.717) is 29.9 Å². The van der Waals surface area contributed by atoms with E-state index in [1.54, 1.807) is 19.2 Å². The molecule has 0 unspecified atom stereocenters. The normalized spacial score (nSPS) is 16.0. The number of aromatic amines is 1. The number of hydrogen-bond donors (Lipinski definition) is 1. The second kappa shape index (κ2) is 7.23. The molecule has 1 aliphatic rings. The van der Waals surface area contributed by atoms with Crippen LogP contribution in [-0.2, 0) is 24.1 Å². The monoisotopic (exact) mass is 428 g/mol. The lowest BCUT2D eigenvalue weighted by atomic mass is 9.97. The molecule has 1 N–H and O–H groups in total. The number of hydrogen-bond acceptors (Lipinski definition) is 6. The maximum atomic E-state index is 12.9. The molecule has 11 heteroatoms. The van der Waals surface area contributed by atoms with E-state index < -0.39 is 21.3 Å². The number of nitrogens with one attached hydrogen (secondary N) is 1. The molecule has 3 heterocycles. The third-order valence-corrected chi connectivity index (χ3v) is 7.45. The molecule has 3 aromatic rings. The number of nitrogens with zero attached hydrogens (tertiary/aromatic N) is 5. The van der Waals surface area contributed by atoms with Gasteiger partial charge >= 0.3 is 5.69 Å². The van der Waals surface area contributed by atoms with Gasteiger partial charge in [0.25, 0.3) is 5.56 Å². The number of nitriles is 1. The zero-order chi connectivity index (χ0) is 21.6. The van der Waals surface area contributed by atoms with Gasteiger partial charge in [-0.25, -0.2) is 18.2 Å². The summed E-state index contributed by atoms with van der Waals surface area (Å²) in [5, 5.41) is 9.02. The average Bonchev–Trinajstić information content (AvgIpc) is 3.22. The van der Waals surface area contributed by atoms with Crippen LogP contribution in [0.1, 0.15) is 30.1 Å². The molecule has 10 nitrogen and oxygen atoms in total. The van der Waals surface area contributed by atoms with Gasteiger partial charge in [-0.15, -0.1) is 0 Å². The van der Waals surface area contributed by atoms with Gasteiger partial charge in [-0.05, 0) is 31.0 Å². The molecule has 0 aliphatic carbocycles. The number of piperidine rings is 1. The third kappa shape index (κ3) is 3.14. The highest BCUT2D eigenvalue weighted by Gasteiger charge is 2.31. The summed E-state index contributed by atoms with van der Waals surface area (Å²) in [6.07, 6.45) is 1.04. The number of fused-ring (bicyclic) bond motifs is 1. The Hall–Kier alpha value is -3.23. The van der Waals surface area contributed by atoms with Gasteiger partial charge in [0.05, 0.1) is 16.5 Å². The first kappa shape index (κ1) is 20.1. The van der Waals surface area contributed by atoms with Gasteiger partial charge in [-0.1, -0.05) is 6.07 Å². The smallest absolute Gasteiger partial charge is 0.332 e. The van der Waals surface area contributed by atoms with Crippen molar-refractivity contribution in [2.24, 2.45) is 14.1 Å². The molecule has 0 saturated carbocycles. The molecule has 30 heavy (non-hydrogen) atoms. The second-order valence-corrected chi connectivity index (χ2v) is 9.28. The Balaban J connectivity index is 1.59. The van der Waals surface area contributed by atoms with Crippen molar-refractivity contribution in [1.29, 1.82) is 5.26 Å². The Bertz CT molecular complexity index is 1400. The summed E-state index contributed by atoms with van der Waals surface area (Å²) in [4.78, 5) is 32.1. The number of rotatable bonds is 3. The summed E-state index contributed by atoms with van der Waals surface area (Å²) in [6.45, 7) is 0.579. The van der Waals surface area contributed by atoms with E-state index in [1.807, 2.05) is 6.07 Å². The minimum absolute atomic E-state index is 0.0610. The van der Waals surface area contributed by atoms with Crippen LogP contribution in [0.5, 0.6) is 0 Å². The van der Waals surface area contributed by atoms with Crippen molar-refractivity contribution in [2.75, 3.05) is 13.1 Å². The average molecular weight is 428 g/mol. The highest BCUT2D eigenvalue weighted by atomic mass is 32.2. The zero-order valence-electron chi connectivity index (χ0n) is 16.5. The minimum atomic E-state index is -3.70. The van der Waals surface area contributed by atoms with Crippen molar-refractivity contribution in [2.45, 2.75) is 23.7 Å². The largest absolute Gasteiger partial charge is 0.336 e. The standard InChI is InChI=1S/C19H20N6O4S/c1-23-17-15(18(26)24(2)19(23)27)21-16(22-17)13-6-8-25(9-7-13)30(28,29)14-5-3-4-12(10-14)11-20/h3-5,10,13H,6-9H2,1-2H3,(H,21,22). The summed E-state index contributed by atoms with van der Waals surface area (Å²) in [6, 6.07) is 7.92. The van der Waals surface area contributed by atoms with Crippen LogP contribution >= 0.6 is 0 Å². The van der Waals surface area contributed by atoms with Crippen molar-refractivity contribution in [1.82, 2.24) is 23.4 Å². The number of aryl methyl sites for hydroxylation is 1. The topological polar surface area (TPSA) is 134 Å². The summed E-state index contributed by atoms with van der Waals surface area (Å²) < 4.78 is 29.6. The lowest BCUT2D eigenvalue weighted by Gasteiger charge is -2.30. The molecule has 1 aliphatic heterocycles. The van der Waals surface area contributed by atoms with Crippen LogP contribution in [0.3, 0.4) is 0 Å². The number of benzene rings is 1. The molecular formula is C19H20N6O4S. The van der Waals surface area contributed by atoms with Crippen LogP contribution in [0.25, 0.3) is 11.2 Å². The highest BCUT2D eigenvalue weighted by molar-refractivity contribution is 7.89. The van der Waals surface area contributed by atoms with Crippen molar-refractivity contribution in [3.8, 4) is 6.07 Å². The van der Waals surface area contributed by atoms with E-state index in [-0.39, 0.29) is 29.4 Å². The molecule has 0 atom stereocenters. The fourth-order valence-corrected chi connectivity index (χ4v) is 5.30. The number of imidazole rings is 1. The molecule has 0 radical (unpaired) electrons. The number of sulfonamides is 1. The zero-order valence-corrected chi connectivity index (χ0v) is 17.3. The fraction of sp³-hybridized carbons (Fsp3) is 0.368. The molecule has 156 valence electrons. The molecule has 0 spiro atoms. The maximum absolute atomic E-state index is 12.9. The minimum Gasteiger partial charge on any atom is -0.336 e. The lowest BCUT2D eigenvalue weighted by molar-refractivity contribution is 0.314. The fourth-order valence-electron chi connectivity index (χ4n) is 3.78. The van der Waals surface area contributed by atoms with Crippen LogP contribution in [0, 0.1) is 11.3 Å². The van der Waals surface area contributed by atoms with Gasteiger partial charge in [0.2, 0.25) is 10.0 Å². The van der Waals surface area contributed by atoms with Gasteiger partial charge in [0.1, 0.15) is 11.3 Å². The van der Waals surface area contributed by atoms with Crippen LogP contribution in [0.4, 0.5) is 0 Å². The first-order valence-electron chi connectivity index (χ1n) is 9.40. The predicted octanol–water partition coefficient (Wildman–Crippen LogP) is 0.400. The first-order chi connectivity index (χ1) is 14.2. The van der Waals surface area contributed by atoms with E-state index in [4.69, 9.17) is 5.26 Å². The van der Waals surface area contributed by atoms with Crippen LogP contribution in [-0.4, -0.2) is 44.9 Å². The van der Waals surface area contributed by atoms with Gasteiger partial charge in [0.15, 0.2) is 5.65 Å². The summed E-state index contributed by atoms with van der Waals surface area (Å²) in [7, 11) is -0.730. The van der Waals surface area contributed by atoms with E-state index in [9.17, 15) is 18.0 Å². The van der Waals surface area contributed by atoms with Gasteiger partial charge in [-0.3, -0.25) is 13.9 Å². The van der Waals surface area contributed by atoms with Gasteiger partial charge in [0, 0.05) is 33.1 Å². The second-order valence-electron chi connectivity index (χ2n) is 7.34. The summed E-state index contributed by atoms with van der Waals surface area (Å²) >= 11 is 0. The molecule has 1 saturated heterocycles. The molecule has 0 amide bonds. The highest BCUT2D eigenvalue weighted by Crippen LogP contribution is 2.30. The molecule has 2 aromatic heterocycles. The molecular weight excluding hydrogens is 408 g/mol. The summed E-state index contributed by atoms with van der Waals surface area (Å²) in [5.74, 6) is 0.515. The third-order valence-electron chi connectivity index (χ3n) is 5.55. The van der Waals surface area contributed by atoms with Crippen molar-refractivity contribution in [3.05, 3.63) is 56.5 Å². The van der Waals surface area contributed by atoms with Gasteiger partial charge < -0.3 is 4.98 Å². The van der Waals surface area contributed by atoms with Crippen LogP contribution < -0.4 is 11.2 Å². The van der Waals surface area contributed by atoms with E-state index in [0.717, 1.165) is 4.57 Å². The van der Waals surface area contributed by atoms with Crippen molar-refractivity contribution >= 4 is 21.2 Å². The lowest BCUT2D eigenvalue weighted by Crippen LogP contribution is -2.38. The van der Waals surface area contributed by atoms with Gasteiger partial charge in [-0.2, -0.15) is 9.57 Å². The molecule has 1 aromatic carbocycles. The predicted molar refractivity (Wildman–Crippen MR) is 108 cm³/mol. The Morgan fingerprint density at radius 1 is 1.17 bits per heavy atom. The SMILES string of the molecule is Cn1c(=O)c2[nH]c(C3CCN(S(=O)(=O)c4cccc(C#N)c4)CC3)nc2n(C)c1=O.